The van der Waals surface area contributed by atoms with Gasteiger partial charge in [-0.3, -0.25) is 9.88 Å². The van der Waals surface area contributed by atoms with Crippen LogP contribution < -0.4 is 5.32 Å². The Morgan fingerprint density at radius 2 is 2.20 bits per heavy atom. The van der Waals surface area contributed by atoms with Crippen molar-refractivity contribution in [3.05, 3.63) is 30.1 Å². The molecule has 1 fully saturated rings. The monoisotopic (exact) mass is 277 g/mol. The third kappa shape index (κ3) is 4.54. The van der Waals surface area contributed by atoms with Crippen molar-refractivity contribution >= 4 is 0 Å². The van der Waals surface area contributed by atoms with E-state index in [0.29, 0.717) is 6.04 Å². The summed E-state index contributed by atoms with van der Waals surface area (Å²) in [5, 5.41) is 3.66. The van der Waals surface area contributed by atoms with Gasteiger partial charge in [-0.2, -0.15) is 0 Å². The van der Waals surface area contributed by atoms with Crippen molar-refractivity contribution in [2.24, 2.45) is 0 Å². The number of nitrogens with one attached hydrogen (secondary N) is 1. The Bertz CT molecular complexity index is 371. The standard InChI is InChI=1S/C16H27N3O/c1-3-7-18-15(12-14-5-8-17-9-6-14)16-13-19(4-2)10-11-20-16/h5-6,8-9,15-16,18H,3-4,7,10-13H2,1-2H3. The molecule has 2 unspecified atom stereocenters. The van der Waals surface area contributed by atoms with E-state index >= 15 is 0 Å². The van der Waals surface area contributed by atoms with E-state index in [1.165, 1.54) is 5.56 Å². The van der Waals surface area contributed by atoms with E-state index in [9.17, 15) is 0 Å². The van der Waals surface area contributed by atoms with Gasteiger partial charge in [0.05, 0.1) is 12.7 Å². The van der Waals surface area contributed by atoms with Gasteiger partial charge in [0.15, 0.2) is 0 Å². The fourth-order valence-corrected chi connectivity index (χ4v) is 2.70. The Labute approximate surface area is 122 Å². The molecule has 0 spiro atoms. The van der Waals surface area contributed by atoms with Crippen LogP contribution in [0.15, 0.2) is 24.5 Å². The van der Waals surface area contributed by atoms with Crippen molar-refractivity contribution < 1.29 is 4.74 Å². The van der Waals surface area contributed by atoms with Gasteiger partial charge in [0.2, 0.25) is 0 Å². The van der Waals surface area contributed by atoms with Crippen LogP contribution in [-0.2, 0) is 11.2 Å². The molecule has 2 heterocycles. The predicted octanol–water partition coefficient (Wildman–Crippen LogP) is 1.71. The normalized spacial score (nSPS) is 21.8. The van der Waals surface area contributed by atoms with Gasteiger partial charge < -0.3 is 10.1 Å². The molecule has 0 bridgehead atoms. The van der Waals surface area contributed by atoms with Crippen LogP contribution >= 0.6 is 0 Å². The number of hydrogen-bond donors (Lipinski definition) is 1. The second-order valence-corrected chi connectivity index (χ2v) is 5.42. The predicted molar refractivity (Wildman–Crippen MR) is 81.9 cm³/mol. The van der Waals surface area contributed by atoms with Crippen LogP contribution in [0.4, 0.5) is 0 Å². The quantitative estimate of drug-likeness (QED) is 0.823. The van der Waals surface area contributed by atoms with Gasteiger partial charge in [0.25, 0.3) is 0 Å². The summed E-state index contributed by atoms with van der Waals surface area (Å²) >= 11 is 0. The second kappa shape index (κ2) is 8.35. The molecule has 0 radical (unpaired) electrons. The topological polar surface area (TPSA) is 37.4 Å². The first-order valence-electron chi connectivity index (χ1n) is 7.79. The van der Waals surface area contributed by atoms with Crippen LogP contribution in [0.2, 0.25) is 0 Å². The zero-order valence-corrected chi connectivity index (χ0v) is 12.7. The van der Waals surface area contributed by atoms with Crippen molar-refractivity contribution in [1.82, 2.24) is 15.2 Å². The van der Waals surface area contributed by atoms with Gasteiger partial charge in [-0.25, -0.2) is 0 Å². The lowest BCUT2D eigenvalue weighted by molar-refractivity contribution is -0.0447. The van der Waals surface area contributed by atoms with Crippen LogP contribution in [0.3, 0.4) is 0 Å². The minimum Gasteiger partial charge on any atom is -0.374 e. The molecular weight excluding hydrogens is 250 g/mol. The van der Waals surface area contributed by atoms with Crippen molar-refractivity contribution in [3.63, 3.8) is 0 Å². The number of pyridine rings is 1. The molecule has 1 aromatic heterocycles. The van der Waals surface area contributed by atoms with Gasteiger partial charge in [-0.15, -0.1) is 0 Å². The first kappa shape index (κ1) is 15.4. The average Bonchev–Trinajstić information content (AvgIpc) is 2.52. The highest BCUT2D eigenvalue weighted by atomic mass is 16.5. The molecule has 0 aromatic carbocycles. The molecule has 0 saturated carbocycles. The lowest BCUT2D eigenvalue weighted by atomic mass is 10.0. The van der Waals surface area contributed by atoms with E-state index in [1.54, 1.807) is 0 Å². The van der Waals surface area contributed by atoms with E-state index in [-0.39, 0.29) is 6.10 Å². The van der Waals surface area contributed by atoms with Crippen molar-refractivity contribution in [3.8, 4) is 0 Å². The molecule has 1 aromatic rings. The Kier molecular flexibility index (Phi) is 6.43. The number of nitrogens with zero attached hydrogens (tertiary/aromatic N) is 2. The van der Waals surface area contributed by atoms with Crippen molar-refractivity contribution in [1.29, 1.82) is 0 Å². The number of ether oxygens (including phenoxy) is 1. The fourth-order valence-electron chi connectivity index (χ4n) is 2.70. The Hall–Kier alpha value is -0.970. The molecule has 0 aliphatic carbocycles. The molecule has 112 valence electrons. The average molecular weight is 277 g/mol. The zero-order valence-electron chi connectivity index (χ0n) is 12.7. The summed E-state index contributed by atoms with van der Waals surface area (Å²) < 4.78 is 6.02. The lowest BCUT2D eigenvalue weighted by Gasteiger charge is -2.37. The van der Waals surface area contributed by atoms with Crippen molar-refractivity contribution in [2.75, 3.05) is 32.8 Å². The molecule has 20 heavy (non-hydrogen) atoms. The SMILES string of the molecule is CCCNC(Cc1ccncc1)C1CN(CC)CCO1. The number of morpholine rings is 1. The van der Waals surface area contributed by atoms with Gasteiger partial charge in [0, 0.05) is 31.5 Å². The van der Waals surface area contributed by atoms with Gasteiger partial charge in [-0.05, 0) is 43.6 Å². The molecule has 4 nitrogen and oxygen atoms in total. The third-order valence-corrected chi connectivity index (χ3v) is 3.94. The van der Waals surface area contributed by atoms with Crippen molar-refractivity contribution in [2.45, 2.75) is 38.8 Å². The smallest absolute Gasteiger partial charge is 0.0858 e. The van der Waals surface area contributed by atoms with E-state index in [2.05, 4.69) is 41.2 Å². The summed E-state index contributed by atoms with van der Waals surface area (Å²) in [6.45, 7) is 9.51. The maximum Gasteiger partial charge on any atom is 0.0858 e. The first-order chi connectivity index (χ1) is 9.83. The molecule has 1 aliphatic heterocycles. The minimum absolute atomic E-state index is 0.281. The summed E-state index contributed by atoms with van der Waals surface area (Å²) in [5.74, 6) is 0. The highest BCUT2D eigenvalue weighted by Crippen LogP contribution is 2.13. The van der Waals surface area contributed by atoms with Crippen LogP contribution in [0.1, 0.15) is 25.8 Å². The van der Waals surface area contributed by atoms with Crippen LogP contribution in [0, 0.1) is 0 Å². The molecule has 4 heteroatoms. The van der Waals surface area contributed by atoms with Crippen LogP contribution in [-0.4, -0.2) is 54.8 Å². The summed E-state index contributed by atoms with van der Waals surface area (Å²) in [6.07, 6.45) is 6.17. The van der Waals surface area contributed by atoms with E-state index in [0.717, 1.165) is 45.6 Å². The fraction of sp³-hybridized carbons (Fsp3) is 0.688. The maximum atomic E-state index is 6.02. The Morgan fingerprint density at radius 1 is 1.40 bits per heavy atom. The van der Waals surface area contributed by atoms with E-state index < -0.39 is 0 Å². The van der Waals surface area contributed by atoms with Gasteiger partial charge in [-0.1, -0.05) is 13.8 Å². The molecule has 1 N–H and O–H groups in total. The number of likely N-dealkylation sites (N-methyl/N-ethyl adjacent to an activating group) is 1. The molecule has 1 aliphatic rings. The van der Waals surface area contributed by atoms with E-state index in [4.69, 9.17) is 4.74 Å². The molecule has 2 rings (SSSR count). The first-order valence-corrected chi connectivity index (χ1v) is 7.79. The Balaban J connectivity index is 1.98. The number of hydrogen-bond acceptors (Lipinski definition) is 4. The van der Waals surface area contributed by atoms with E-state index in [1.807, 2.05) is 12.4 Å². The molecule has 1 saturated heterocycles. The van der Waals surface area contributed by atoms with Gasteiger partial charge >= 0.3 is 0 Å². The van der Waals surface area contributed by atoms with Crippen LogP contribution in [0.5, 0.6) is 0 Å². The maximum absolute atomic E-state index is 6.02. The summed E-state index contributed by atoms with van der Waals surface area (Å²) in [7, 11) is 0. The largest absolute Gasteiger partial charge is 0.374 e. The molecule has 2 atom stereocenters. The highest BCUT2D eigenvalue weighted by Gasteiger charge is 2.27. The summed E-state index contributed by atoms with van der Waals surface area (Å²) in [5.41, 5.74) is 1.32. The highest BCUT2D eigenvalue weighted by molar-refractivity contribution is 5.12. The number of rotatable bonds is 7. The summed E-state index contributed by atoms with van der Waals surface area (Å²) in [6, 6.07) is 4.58. The van der Waals surface area contributed by atoms with Gasteiger partial charge in [0.1, 0.15) is 0 Å². The Morgan fingerprint density at radius 3 is 2.90 bits per heavy atom. The minimum atomic E-state index is 0.281. The van der Waals surface area contributed by atoms with Crippen LogP contribution in [0.25, 0.3) is 0 Å². The zero-order chi connectivity index (χ0) is 14.2. The third-order valence-electron chi connectivity index (χ3n) is 3.94. The summed E-state index contributed by atoms with van der Waals surface area (Å²) in [4.78, 5) is 6.57. The number of aromatic nitrogens is 1. The molecule has 0 amide bonds. The lowest BCUT2D eigenvalue weighted by Crippen LogP contribution is -2.53. The second-order valence-electron chi connectivity index (χ2n) is 5.42. The molecular formula is C16H27N3O.